The van der Waals surface area contributed by atoms with Gasteiger partial charge in [0.1, 0.15) is 0 Å². The predicted octanol–water partition coefficient (Wildman–Crippen LogP) is 1.35. The quantitative estimate of drug-likeness (QED) is 0.582. The largest absolute Gasteiger partial charge is 0.310 e. The van der Waals surface area contributed by atoms with Crippen molar-refractivity contribution in [3.05, 3.63) is 12.2 Å². The average Bonchev–Trinajstić information content (AvgIpc) is 1.85. The van der Waals surface area contributed by atoms with Crippen molar-refractivity contribution in [2.75, 3.05) is 13.1 Å². The summed E-state index contributed by atoms with van der Waals surface area (Å²) in [7, 11) is 0. The maximum Gasteiger partial charge on any atom is 0.169 e. The summed E-state index contributed by atoms with van der Waals surface area (Å²) in [5.74, 6) is 0.138. The molecule has 0 amide bonds. The Morgan fingerprint density at radius 3 is 1.93 bits per heavy atom. The summed E-state index contributed by atoms with van der Waals surface area (Å²) in [6, 6.07) is 0. The van der Waals surface area contributed by atoms with E-state index in [1.54, 1.807) is 12.2 Å². The van der Waals surface area contributed by atoms with Crippen LogP contribution in [0.1, 0.15) is 13.8 Å². The standard InChI is InChI=1S/C7H13NO.4FH.Ta/c1-3-5-7(9)6-8-4-2;;;;;/h3,5,8H,4,6H2,1-2H3;4*1H;. The monoisotopic (exact) mass is 388 g/mol. The van der Waals surface area contributed by atoms with Crippen molar-refractivity contribution < 1.29 is 46.0 Å². The summed E-state index contributed by atoms with van der Waals surface area (Å²) < 4.78 is 0. The van der Waals surface area contributed by atoms with Crippen LogP contribution in [0, 0.1) is 0 Å². The number of allylic oxidation sites excluding steroid dienone is 1. The fraction of sp³-hybridized carbons (Fsp3) is 0.571. The third kappa shape index (κ3) is 29.7. The fourth-order valence-electron chi connectivity index (χ4n) is 0.493. The Bertz CT molecular complexity index is 124. The van der Waals surface area contributed by atoms with E-state index in [-0.39, 0.29) is 47.0 Å². The van der Waals surface area contributed by atoms with Crippen LogP contribution in [0.5, 0.6) is 0 Å². The normalized spacial score (nSPS) is 6.71. The molecule has 0 aliphatic rings. The maximum absolute atomic E-state index is 10.7. The zero-order valence-corrected chi connectivity index (χ0v) is 11.3. The van der Waals surface area contributed by atoms with Gasteiger partial charge in [0, 0.05) is 22.4 Å². The molecular formula is C7H17F4NOTa. The minimum atomic E-state index is 0. The summed E-state index contributed by atoms with van der Waals surface area (Å²) in [5, 5.41) is 2.93. The van der Waals surface area contributed by atoms with Gasteiger partial charge >= 0.3 is 0 Å². The van der Waals surface area contributed by atoms with Crippen LogP contribution in [-0.2, 0) is 27.2 Å². The Kier molecular flexibility index (Phi) is 77.7. The van der Waals surface area contributed by atoms with Crippen LogP contribution in [0.15, 0.2) is 12.2 Å². The average molecular weight is 388 g/mol. The first kappa shape index (κ1) is 37.1. The van der Waals surface area contributed by atoms with E-state index in [9.17, 15) is 4.79 Å². The number of hydrogen-bond donors (Lipinski definition) is 1. The van der Waals surface area contributed by atoms with Gasteiger partial charge in [0.2, 0.25) is 0 Å². The third-order valence-corrected chi connectivity index (χ3v) is 0.902. The molecule has 0 aliphatic heterocycles. The molecule has 0 aromatic heterocycles. The molecule has 7 heteroatoms. The van der Waals surface area contributed by atoms with Gasteiger partial charge in [-0.25, -0.2) is 0 Å². The van der Waals surface area contributed by atoms with Crippen molar-refractivity contribution in [1.82, 2.24) is 5.32 Å². The van der Waals surface area contributed by atoms with E-state index >= 15 is 0 Å². The molecule has 0 saturated heterocycles. The van der Waals surface area contributed by atoms with Crippen molar-refractivity contribution in [2.24, 2.45) is 0 Å². The Morgan fingerprint density at radius 2 is 1.64 bits per heavy atom. The first-order valence-electron chi connectivity index (χ1n) is 3.17. The van der Waals surface area contributed by atoms with Crippen LogP contribution in [0.4, 0.5) is 18.8 Å². The number of nitrogens with one attached hydrogen (secondary N) is 1. The molecule has 0 aromatic rings. The molecule has 0 saturated carbocycles. The van der Waals surface area contributed by atoms with E-state index in [0.717, 1.165) is 6.54 Å². The van der Waals surface area contributed by atoms with Gasteiger partial charge in [-0.15, -0.1) is 0 Å². The molecular weight excluding hydrogens is 371 g/mol. The minimum absolute atomic E-state index is 0. The topological polar surface area (TPSA) is 29.1 Å². The molecule has 0 unspecified atom stereocenters. The molecule has 0 rings (SSSR count). The Hall–Kier alpha value is -0.170. The number of likely N-dealkylation sites (N-methyl/N-ethyl adjacent to an activating group) is 1. The molecule has 1 N–H and O–H groups in total. The Morgan fingerprint density at radius 1 is 1.21 bits per heavy atom. The second-order valence-electron chi connectivity index (χ2n) is 1.75. The third-order valence-electron chi connectivity index (χ3n) is 0.902. The van der Waals surface area contributed by atoms with E-state index in [0.29, 0.717) is 6.54 Å². The summed E-state index contributed by atoms with van der Waals surface area (Å²) in [6.07, 6.45) is 3.32. The van der Waals surface area contributed by atoms with Gasteiger partial charge in [-0.05, 0) is 19.5 Å². The molecule has 0 fully saturated rings. The Balaban J connectivity index is -0.0000000320. The molecule has 0 aromatic carbocycles. The van der Waals surface area contributed by atoms with Gasteiger partial charge in [0.05, 0.1) is 6.54 Å². The SMILES string of the molecule is CC=CC(=O)CNCC.F.F.F.F.[Ta]. The second kappa shape index (κ2) is 29.3. The summed E-state index contributed by atoms with van der Waals surface area (Å²) in [6.45, 7) is 5.12. The molecule has 0 spiro atoms. The van der Waals surface area contributed by atoms with E-state index in [1.807, 2.05) is 13.8 Å². The molecule has 1 radical (unpaired) electrons. The van der Waals surface area contributed by atoms with Crippen molar-refractivity contribution >= 4 is 5.78 Å². The van der Waals surface area contributed by atoms with Crippen molar-refractivity contribution in [3.63, 3.8) is 0 Å². The molecule has 14 heavy (non-hydrogen) atoms. The van der Waals surface area contributed by atoms with E-state index < -0.39 is 0 Å². The minimum Gasteiger partial charge on any atom is -0.310 e. The first-order valence-corrected chi connectivity index (χ1v) is 3.17. The predicted molar refractivity (Wildman–Crippen MR) is 48.4 cm³/mol. The zero-order valence-electron chi connectivity index (χ0n) is 8.06. The number of rotatable bonds is 4. The Labute approximate surface area is 96.5 Å². The van der Waals surface area contributed by atoms with E-state index in [1.165, 1.54) is 0 Å². The number of ketones is 1. The van der Waals surface area contributed by atoms with Gasteiger partial charge in [0.15, 0.2) is 5.78 Å². The van der Waals surface area contributed by atoms with Gasteiger partial charge in [0.25, 0.3) is 0 Å². The molecule has 2 nitrogen and oxygen atoms in total. The smallest absolute Gasteiger partial charge is 0.169 e. The molecule has 0 aliphatic carbocycles. The molecule has 89 valence electrons. The van der Waals surface area contributed by atoms with Crippen LogP contribution < -0.4 is 5.32 Å². The fourth-order valence-corrected chi connectivity index (χ4v) is 0.493. The van der Waals surface area contributed by atoms with Crippen LogP contribution >= 0.6 is 0 Å². The molecule has 0 bridgehead atoms. The van der Waals surface area contributed by atoms with Crippen LogP contribution in [0.3, 0.4) is 0 Å². The van der Waals surface area contributed by atoms with Gasteiger partial charge in [-0.1, -0.05) is 13.0 Å². The van der Waals surface area contributed by atoms with Crippen molar-refractivity contribution in [2.45, 2.75) is 13.8 Å². The van der Waals surface area contributed by atoms with Crippen molar-refractivity contribution in [1.29, 1.82) is 0 Å². The number of carbonyl (C=O) groups is 1. The molecule has 0 heterocycles. The van der Waals surface area contributed by atoms with E-state index in [2.05, 4.69) is 5.32 Å². The van der Waals surface area contributed by atoms with Crippen molar-refractivity contribution in [3.8, 4) is 0 Å². The molecule has 0 atom stereocenters. The number of carbonyl (C=O) groups excluding carboxylic acids is 1. The zero-order chi connectivity index (χ0) is 7.11. The van der Waals surface area contributed by atoms with Gasteiger partial charge in [-0.2, -0.15) is 0 Å². The maximum atomic E-state index is 10.7. The second-order valence-corrected chi connectivity index (χ2v) is 1.75. The summed E-state index contributed by atoms with van der Waals surface area (Å²) >= 11 is 0. The number of halogens is 4. The van der Waals surface area contributed by atoms with E-state index in [4.69, 9.17) is 0 Å². The first-order chi connectivity index (χ1) is 4.31. The van der Waals surface area contributed by atoms with Gasteiger partial charge < -0.3 is 5.32 Å². The van der Waals surface area contributed by atoms with Crippen LogP contribution in [0.2, 0.25) is 0 Å². The van der Waals surface area contributed by atoms with Gasteiger partial charge in [-0.3, -0.25) is 23.6 Å². The van der Waals surface area contributed by atoms with Crippen LogP contribution in [0.25, 0.3) is 0 Å². The summed E-state index contributed by atoms with van der Waals surface area (Å²) in [4.78, 5) is 10.7. The van der Waals surface area contributed by atoms with Crippen LogP contribution in [-0.4, -0.2) is 18.9 Å². The number of hydrogen-bond acceptors (Lipinski definition) is 2. The summed E-state index contributed by atoms with van der Waals surface area (Å²) in [5.41, 5.74) is 0.